The van der Waals surface area contributed by atoms with Crippen molar-refractivity contribution in [2.24, 2.45) is 5.92 Å². The Bertz CT molecular complexity index is 617. The molecule has 21 heavy (non-hydrogen) atoms. The number of aromatic amines is 1. The Morgan fingerprint density at radius 2 is 2.24 bits per heavy atom. The van der Waals surface area contributed by atoms with Gasteiger partial charge in [0.25, 0.3) is 5.91 Å². The number of aliphatic hydroxyl groups excluding tert-OH is 1. The normalized spacial score (nSPS) is 22.4. The average Bonchev–Trinajstić information content (AvgIpc) is 2.89. The highest BCUT2D eigenvalue weighted by Crippen LogP contribution is 2.37. The quantitative estimate of drug-likeness (QED) is 0.803. The molecule has 2 heterocycles. The van der Waals surface area contributed by atoms with Crippen molar-refractivity contribution >= 4 is 5.91 Å². The minimum absolute atomic E-state index is 0.106. The second kappa shape index (κ2) is 5.69. The van der Waals surface area contributed by atoms with Gasteiger partial charge in [0, 0.05) is 18.1 Å². The number of carbonyl (C=O) groups is 1. The number of aryl methyl sites for hydroxylation is 1. The molecule has 1 saturated carbocycles. The molecule has 0 saturated heterocycles. The second-order valence-electron chi connectivity index (χ2n) is 5.61. The number of nitrogens with one attached hydrogen (secondary N) is 2. The Kier molecular flexibility index (Phi) is 3.75. The first-order valence-electron chi connectivity index (χ1n) is 7.19. The minimum atomic E-state index is -0.257. The number of amides is 1. The van der Waals surface area contributed by atoms with Crippen LogP contribution in [-0.4, -0.2) is 27.1 Å². The van der Waals surface area contributed by atoms with Crippen molar-refractivity contribution in [2.45, 2.75) is 31.9 Å². The van der Waals surface area contributed by atoms with Gasteiger partial charge in [-0.2, -0.15) is 0 Å². The Morgan fingerprint density at radius 3 is 2.81 bits per heavy atom. The van der Waals surface area contributed by atoms with Crippen LogP contribution in [0.15, 0.2) is 36.7 Å². The first-order chi connectivity index (χ1) is 10.1. The predicted molar refractivity (Wildman–Crippen MR) is 78.7 cm³/mol. The van der Waals surface area contributed by atoms with E-state index in [1.54, 1.807) is 18.5 Å². The fourth-order valence-corrected chi connectivity index (χ4v) is 2.81. The van der Waals surface area contributed by atoms with E-state index < -0.39 is 0 Å². The number of aliphatic hydroxyl groups is 1. The zero-order chi connectivity index (χ0) is 14.8. The number of rotatable bonds is 4. The maximum absolute atomic E-state index is 12.4. The molecule has 0 spiro atoms. The number of hydrogen-bond acceptors (Lipinski definition) is 3. The Labute approximate surface area is 123 Å². The molecule has 1 atom stereocenters. The lowest BCUT2D eigenvalue weighted by Gasteiger charge is -2.37. The lowest BCUT2D eigenvalue weighted by atomic mass is 9.76. The fraction of sp³-hybridized carbons (Fsp3) is 0.375. The summed E-state index contributed by atoms with van der Waals surface area (Å²) in [5.41, 5.74) is 2.34. The first-order valence-corrected chi connectivity index (χ1v) is 7.19. The summed E-state index contributed by atoms with van der Waals surface area (Å²) >= 11 is 0. The molecule has 0 aromatic carbocycles. The van der Waals surface area contributed by atoms with Crippen LogP contribution in [0, 0.1) is 12.8 Å². The zero-order valence-electron chi connectivity index (χ0n) is 11.9. The molecule has 0 unspecified atom stereocenters. The standard InChI is InChI=1S/C16H19N3O2/c1-10-13(5-7-17-10)16(21)19-15(11-8-12(20)9-11)14-4-2-3-6-18-14/h2-7,11-12,15,17,20H,8-9H2,1H3,(H,19,21)/t11?,12?,15-/m0/s1. The predicted octanol–water partition coefficient (Wildman–Crippen LogP) is 1.96. The van der Waals surface area contributed by atoms with Gasteiger partial charge in [0.15, 0.2) is 0 Å². The molecule has 5 nitrogen and oxygen atoms in total. The van der Waals surface area contributed by atoms with Gasteiger partial charge in [0.2, 0.25) is 0 Å². The van der Waals surface area contributed by atoms with Crippen molar-refractivity contribution in [1.29, 1.82) is 0 Å². The number of carbonyl (C=O) groups excluding carboxylic acids is 1. The summed E-state index contributed by atoms with van der Waals surface area (Å²) in [5, 5.41) is 12.6. The maximum Gasteiger partial charge on any atom is 0.253 e. The van der Waals surface area contributed by atoms with Crippen LogP contribution < -0.4 is 5.32 Å². The summed E-state index contributed by atoms with van der Waals surface area (Å²) in [6.45, 7) is 1.87. The summed E-state index contributed by atoms with van der Waals surface area (Å²) in [7, 11) is 0. The smallest absolute Gasteiger partial charge is 0.253 e. The SMILES string of the molecule is Cc1[nH]ccc1C(=O)N[C@H](c1ccccn1)C1CC(O)C1. The van der Waals surface area contributed by atoms with E-state index in [-0.39, 0.29) is 24.0 Å². The Hall–Kier alpha value is -2.14. The van der Waals surface area contributed by atoms with Gasteiger partial charge in [0.1, 0.15) is 0 Å². The zero-order valence-corrected chi connectivity index (χ0v) is 11.9. The number of nitrogens with zero attached hydrogens (tertiary/aromatic N) is 1. The molecule has 110 valence electrons. The number of H-pyrrole nitrogens is 1. The van der Waals surface area contributed by atoms with E-state index in [1.165, 1.54) is 0 Å². The van der Waals surface area contributed by atoms with Gasteiger partial charge in [-0.05, 0) is 43.9 Å². The molecule has 5 heteroatoms. The monoisotopic (exact) mass is 285 g/mol. The number of hydrogen-bond donors (Lipinski definition) is 3. The van der Waals surface area contributed by atoms with Gasteiger partial charge >= 0.3 is 0 Å². The molecule has 1 aliphatic carbocycles. The highest BCUT2D eigenvalue weighted by atomic mass is 16.3. The summed E-state index contributed by atoms with van der Waals surface area (Å²) in [4.78, 5) is 19.8. The van der Waals surface area contributed by atoms with E-state index in [0.29, 0.717) is 18.4 Å². The molecule has 2 aromatic rings. The van der Waals surface area contributed by atoms with Gasteiger partial charge in [-0.1, -0.05) is 6.07 Å². The number of aromatic nitrogens is 2. The molecule has 1 amide bonds. The van der Waals surface area contributed by atoms with Crippen LogP contribution in [-0.2, 0) is 0 Å². The molecule has 0 aliphatic heterocycles. The lowest BCUT2D eigenvalue weighted by Crippen LogP contribution is -2.41. The topological polar surface area (TPSA) is 78.0 Å². The van der Waals surface area contributed by atoms with E-state index in [9.17, 15) is 9.90 Å². The van der Waals surface area contributed by atoms with Crippen molar-refractivity contribution in [1.82, 2.24) is 15.3 Å². The lowest BCUT2D eigenvalue weighted by molar-refractivity contribution is 0.0228. The van der Waals surface area contributed by atoms with Crippen LogP contribution >= 0.6 is 0 Å². The van der Waals surface area contributed by atoms with Crippen molar-refractivity contribution in [3.63, 3.8) is 0 Å². The van der Waals surface area contributed by atoms with Gasteiger partial charge < -0.3 is 15.4 Å². The van der Waals surface area contributed by atoms with E-state index in [2.05, 4.69) is 15.3 Å². The van der Waals surface area contributed by atoms with Gasteiger partial charge in [-0.15, -0.1) is 0 Å². The van der Waals surface area contributed by atoms with Crippen LogP contribution in [0.1, 0.15) is 40.6 Å². The van der Waals surface area contributed by atoms with Crippen molar-refractivity contribution in [2.75, 3.05) is 0 Å². The molecule has 3 rings (SSSR count). The van der Waals surface area contributed by atoms with Gasteiger partial charge in [-0.3, -0.25) is 9.78 Å². The van der Waals surface area contributed by atoms with E-state index in [4.69, 9.17) is 0 Å². The number of pyridine rings is 1. The van der Waals surface area contributed by atoms with Gasteiger partial charge in [0.05, 0.1) is 23.4 Å². The second-order valence-corrected chi connectivity index (χ2v) is 5.61. The Morgan fingerprint density at radius 1 is 1.43 bits per heavy atom. The molecular weight excluding hydrogens is 266 g/mol. The van der Waals surface area contributed by atoms with E-state index >= 15 is 0 Å². The summed E-state index contributed by atoms with van der Waals surface area (Å²) in [6, 6.07) is 7.30. The molecule has 2 aromatic heterocycles. The fourth-order valence-electron chi connectivity index (χ4n) is 2.81. The largest absolute Gasteiger partial charge is 0.393 e. The molecule has 3 N–H and O–H groups in total. The van der Waals surface area contributed by atoms with Crippen LogP contribution in [0.3, 0.4) is 0 Å². The highest BCUT2D eigenvalue weighted by Gasteiger charge is 2.36. The van der Waals surface area contributed by atoms with Crippen molar-refractivity contribution in [3.05, 3.63) is 53.6 Å². The summed E-state index contributed by atoms with van der Waals surface area (Å²) in [6.07, 6.45) is 4.63. The third-order valence-corrected chi connectivity index (χ3v) is 4.11. The average molecular weight is 285 g/mol. The maximum atomic E-state index is 12.4. The summed E-state index contributed by atoms with van der Waals surface area (Å²) in [5.74, 6) is 0.129. The molecule has 0 bridgehead atoms. The third-order valence-electron chi connectivity index (χ3n) is 4.11. The summed E-state index contributed by atoms with van der Waals surface area (Å²) < 4.78 is 0. The third kappa shape index (κ3) is 2.83. The van der Waals surface area contributed by atoms with E-state index in [0.717, 1.165) is 11.4 Å². The van der Waals surface area contributed by atoms with Crippen molar-refractivity contribution in [3.8, 4) is 0 Å². The van der Waals surface area contributed by atoms with Gasteiger partial charge in [-0.25, -0.2) is 0 Å². The molecule has 1 fully saturated rings. The minimum Gasteiger partial charge on any atom is -0.393 e. The highest BCUT2D eigenvalue weighted by molar-refractivity contribution is 5.95. The molecular formula is C16H19N3O2. The molecule has 0 radical (unpaired) electrons. The van der Waals surface area contributed by atoms with Crippen LogP contribution in [0.25, 0.3) is 0 Å². The molecule has 1 aliphatic rings. The Balaban J connectivity index is 1.80. The van der Waals surface area contributed by atoms with E-state index in [1.807, 2.05) is 25.1 Å². The van der Waals surface area contributed by atoms with Crippen molar-refractivity contribution < 1.29 is 9.90 Å². The first kappa shape index (κ1) is 13.8. The van der Waals surface area contributed by atoms with Crippen LogP contribution in [0.4, 0.5) is 0 Å². The van der Waals surface area contributed by atoms with Crippen LogP contribution in [0.5, 0.6) is 0 Å². The van der Waals surface area contributed by atoms with Crippen LogP contribution in [0.2, 0.25) is 0 Å².